The van der Waals surface area contributed by atoms with Gasteiger partial charge in [0.05, 0.1) is 38.6 Å². The zero-order valence-electron chi connectivity index (χ0n) is 33.5. The molecule has 13 heteroatoms. The molecule has 0 unspecified atom stereocenters. The number of benzene rings is 2. The van der Waals surface area contributed by atoms with E-state index in [2.05, 4.69) is 20.1 Å². The Morgan fingerprint density at radius 2 is 1.71 bits per heavy atom. The molecule has 0 spiro atoms. The van der Waals surface area contributed by atoms with Gasteiger partial charge in [-0.1, -0.05) is 53.5 Å². The van der Waals surface area contributed by atoms with Crippen LogP contribution in [0.15, 0.2) is 48.7 Å². The van der Waals surface area contributed by atoms with E-state index in [9.17, 15) is 19.8 Å². The van der Waals surface area contributed by atoms with E-state index < -0.39 is 17.2 Å². The van der Waals surface area contributed by atoms with Crippen LogP contribution in [0.2, 0.25) is 10.0 Å². The number of fused-ring (bicyclic) bond motifs is 4. The van der Waals surface area contributed by atoms with Gasteiger partial charge >= 0.3 is 5.97 Å². The average Bonchev–Trinajstić information content (AvgIpc) is 3.92. The van der Waals surface area contributed by atoms with Gasteiger partial charge in [-0.2, -0.15) is 0 Å². The van der Waals surface area contributed by atoms with Crippen LogP contribution in [0.4, 0.5) is 10.1 Å². The zero-order chi connectivity index (χ0) is 41.1. The van der Waals surface area contributed by atoms with Gasteiger partial charge < -0.3 is 20.1 Å². The molecule has 2 aromatic heterocycles. The largest absolute Gasteiger partial charge is 0.481 e. The summed E-state index contributed by atoms with van der Waals surface area (Å²) >= 11 is 13.9. The molecule has 9 rings (SSSR count). The molecule has 2 aromatic carbocycles. The number of aromatic nitrogens is 3. The Hall–Kier alpha value is -4.13. The lowest BCUT2D eigenvalue weighted by molar-refractivity contribution is -0.148. The number of amides is 1. The highest BCUT2D eigenvalue weighted by Crippen LogP contribution is 2.63. The van der Waals surface area contributed by atoms with E-state index in [4.69, 9.17) is 28.2 Å². The Morgan fingerprint density at radius 1 is 0.966 bits per heavy atom. The number of halogens is 3. The highest BCUT2D eigenvalue weighted by molar-refractivity contribution is 6.39. The summed E-state index contributed by atoms with van der Waals surface area (Å²) in [5.41, 5.74) is 6.09. The molecular weight excluding hydrogens is 790 g/mol. The summed E-state index contributed by atoms with van der Waals surface area (Å²) in [5.74, 6) is -1.20. The topological polar surface area (TPSA) is 124 Å². The van der Waals surface area contributed by atoms with E-state index >= 15 is 4.39 Å². The van der Waals surface area contributed by atoms with Crippen LogP contribution in [0.3, 0.4) is 0 Å². The molecule has 10 nitrogen and oxygen atoms in total. The van der Waals surface area contributed by atoms with Crippen molar-refractivity contribution in [3.05, 3.63) is 98.3 Å². The van der Waals surface area contributed by atoms with Crippen molar-refractivity contribution in [2.45, 2.75) is 102 Å². The van der Waals surface area contributed by atoms with Gasteiger partial charge in [0.25, 0.3) is 5.91 Å². The highest BCUT2D eigenvalue weighted by atomic mass is 35.5. The van der Waals surface area contributed by atoms with Crippen LogP contribution in [0.5, 0.6) is 0 Å². The lowest BCUT2D eigenvalue weighted by atomic mass is 9.80. The molecule has 1 amide bonds. The average molecular weight is 842 g/mol. The van der Waals surface area contributed by atoms with Gasteiger partial charge in [0, 0.05) is 68.7 Å². The fourth-order valence-electron chi connectivity index (χ4n) is 10.8. The third-order valence-corrected chi connectivity index (χ3v) is 15.2. The lowest BCUT2D eigenvalue weighted by Crippen LogP contribution is -2.42. The van der Waals surface area contributed by atoms with E-state index in [0.29, 0.717) is 50.8 Å². The summed E-state index contributed by atoms with van der Waals surface area (Å²) < 4.78 is 17.7. The second-order valence-corrected chi connectivity index (χ2v) is 18.5. The molecule has 59 heavy (non-hydrogen) atoms. The van der Waals surface area contributed by atoms with Gasteiger partial charge in [0.15, 0.2) is 5.82 Å². The van der Waals surface area contributed by atoms with Gasteiger partial charge in [-0.05, 0) is 117 Å². The third-order valence-electron chi connectivity index (χ3n) is 14.3. The third kappa shape index (κ3) is 7.74. The number of carboxylic acids is 1. The van der Waals surface area contributed by atoms with Gasteiger partial charge in [-0.25, -0.2) is 9.37 Å². The second kappa shape index (κ2) is 16.0. The normalized spacial score (nSPS) is 25.8. The molecule has 0 atom stereocenters. The number of aliphatic hydroxyl groups is 1. The number of nitrogens with zero attached hydrogens (tertiary/aromatic N) is 5. The summed E-state index contributed by atoms with van der Waals surface area (Å²) in [4.78, 5) is 39.9. The van der Waals surface area contributed by atoms with Crippen LogP contribution in [0, 0.1) is 10.8 Å². The van der Waals surface area contributed by atoms with Crippen molar-refractivity contribution in [3.8, 4) is 11.1 Å². The smallest absolute Gasteiger partial charge is 0.309 e. The first-order valence-electron chi connectivity index (χ1n) is 21.1. The van der Waals surface area contributed by atoms with Gasteiger partial charge in [0.2, 0.25) is 0 Å². The van der Waals surface area contributed by atoms with E-state index in [-0.39, 0.29) is 23.1 Å². The van der Waals surface area contributed by atoms with Gasteiger partial charge in [-0.15, -0.1) is 0 Å². The predicted molar refractivity (Wildman–Crippen MR) is 228 cm³/mol. The molecule has 4 aromatic rings. The number of rotatable bonds is 10. The minimum absolute atomic E-state index is 0.130. The molecule has 2 bridgehead atoms. The number of carboxylic acid groups (broad SMARTS) is 1. The Bertz CT molecular complexity index is 2330. The van der Waals surface area contributed by atoms with Crippen molar-refractivity contribution in [1.82, 2.24) is 24.3 Å². The maximum absolute atomic E-state index is 15.9. The molecule has 0 radical (unpaired) electrons. The van der Waals surface area contributed by atoms with Crippen molar-refractivity contribution < 1.29 is 24.2 Å². The molecule has 2 aliphatic heterocycles. The maximum atomic E-state index is 15.9. The maximum Gasteiger partial charge on any atom is 0.309 e. The molecule has 3 saturated carbocycles. The van der Waals surface area contributed by atoms with Crippen LogP contribution < -0.4 is 5.32 Å². The highest BCUT2D eigenvalue weighted by Gasteiger charge is 2.57. The molecule has 0 saturated heterocycles. The van der Waals surface area contributed by atoms with Crippen LogP contribution in [-0.2, 0) is 37.8 Å². The zero-order valence-corrected chi connectivity index (χ0v) is 35.0. The Labute approximate surface area is 354 Å². The molecule has 5 aliphatic rings. The first kappa shape index (κ1) is 40.3. The van der Waals surface area contributed by atoms with Crippen molar-refractivity contribution in [2.24, 2.45) is 17.9 Å². The van der Waals surface area contributed by atoms with Crippen molar-refractivity contribution in [2.75, 3.05) is 25.0 Å². The Morgan fingerprint density at radius 3 is 2.46 bits per heavy atom. The fourth-order valence-corrected chi connectivity index (χ4v) is 11.3. The predicted octanol–water partition coefficient (Wildman–Crippen LogP) is 8.95. The number of anilines is 1. The van der Waals surface area contributed by atoms with Crippen LogP contribution in [-0.4, -0.2) is 78.2 Å². The fraction of sp³-hybridized carbons (Fsp3) is 0.478. The van der Waals surface area contributed by atoms with Crippen LogP contribution in [0.25, 0.3) is 23.0 Å². The van der Waals surface area contributed by atoms with Crippen molar-refractivity contribution >= 4 is 52.7 Å². The van der Waals surface area contributed by atoms with Crippen molar-refractivity contribution in [3.63, 3.8) is 0 Å². The minimum atomic E-state index is -0.630. The second-order valence-electron chi connectivity index (χ2n) is 17.8. The number of hydrogen-bond acceptors (Lipinski definition) is 7. The van der Waals surface area contributed by atoms with Crippen LogP contribution >= 0.6 is 23.2 Å². The Kier molecular flexibility index (Phi) is 11.0. The van der Waals surface area contributed by atoms with Crippen molar-refractivity contribution in [1.29, 1.82) is 0 Å². The monoisotopic (exact) mass is 840 g/mol. The standard InChI is InChI=1S/C46H51Cl2FN6O4/c1-53-39-13-19-54(21-18-45-14-16-46(27-45,17-15-45)44(58)59)26-38(39)51-42(53)43(57)52-36-7-3-6-34(41(36)48)33-5-2-4-29(40(33)47)22-35(49)37-23-28-12-20-55(25-30(28)24-50-37)31-8-10-32(56)11-9-31/h2-7,22-24,31-32,56H,8-21,25-27H2,1H3,(H,52,57)(H,58,59). The summed E-state index contributed by atoms with van der Waals surface area (Å²) in [6, 6.07) is 13.0. The number of aliphatic hydroxyl groups excluding tert-OH is 1. The number of imidazole rings is 1. The molecule has 4 heterocycles. The van der Waals surface area contributed by atoms with Gasteiger partial charge in [-0.3, -0.25) is 24.4 Å². The SMILES string of the molecule is Cn1c(C(=O)Nc2cccc(-c3cccc(C=C(F)c4cc5c(cn4)CN(C4CCC(O)CC4)CC5)c3Cl)c2Cl)nc2c1CCN(CCC13CCC(C(=O)O)(CC1)C3)C2. The summed E-state index contributed by atoms with van der Waals surface area (Å²) in [7, 11) is 1.87. The van der Waals surface area contributed by atoms with E-state index in [1.54, 1.807) is 30.5 Å². The van der Waals surface area contributed by atoms with Crippen LogP contribution in [0.1, 0.15) is 109 Å². The summed E-state index contributed by atoms with van der Waals surface area (Å²) in [6.45, 7) is 4.08. The molecule has 3 aliphatic carbocycles. The molecule has 310 valence electrons. The van der Waals surface area contributed by atoms with Gasteiger partial charge in [0.1, 0.15) is 5.83 Å². The minimum Gasteiger partial charge on any atom is -0.481 e. The van der Waals surface area contributed by atoms with E-state index in [1.165, 1.54) is 6.08 Å². The Balaban J connectivity index is 0.865. The summed E-state index contributed by atoms with van der Waals surface area (Å²) in [5, 5.41) is 23.4. The molecule has 3 fully saturated rings. The molecule has 3 N–H and O–H groups in total. The number of carbonyl (C=O) groups excluding carboxylic acids is 1. The number of carbonyl (C=O) groups is 2. The molecular formula is C46H51Cl2FN6O4. The van der Waals surface area contributed by atoms with E-state index in [1.807, 2.05) is 29.8 Å². The first-order chi connectivity index (χ1) is 28.4. The number of nitrogens with one attached hydrogen (secondary N) is 1. The number of aliphatic carboxylic acids is 1. The quantitative estimate of drug-likeness (QED) is 0.145. The number of pyridine rings is 1. The summed E-state index contributed by atoms with van der Waals surface area (Å²) in [6.07, 6.45) is 13.6. The first-order valence-corrected chi connectivity index (χ1v) is 21.8. The number of hydrogen-bond donors (Lipinski definition) is 3. The van der Waals surface area contributed by atoms with E-state index in [0.717, 1.165) is 126 Å². The lowest BCUT2D eigenvalue weighted by Gasteiger charge is -2.38.